The lowest BCUT2D eigenvalue weighted by Crippen LogP contribution is -2.17. The van der Waals surface area contributed by atoms with Crippen molar-refractivity contribution in [1.29, 1.82) is 0 Å². The number of hydrogen-bond donors (Lipinski definition) is 0. The zero-order valence-electron chi connectivity index (χ0n) is 13.7. The molecule has 27 heavy (non-hydrogen) atoms. The van der Waals surface area contributed by atoms with Gasteiger partial charge in [-0.2, -0.15) is 4.99 Å². The van der Waals surface area contributed by atoms with Gasteiger partial charge in [0.15, 0.2) is 16.3 Å². The van der Waals surface area contributed by atoms with E-state index in [4.69, 9.17) is 20.3 Å². The maximum atomic E-state index is 12.3. The predicted octanol–water partition coefficient (Wildman–Crippen LogP) is 2.35. The summed E-state index contributed by atoms with van der Waals surface area (Å²) in [4.78, 5) is 26.7. The molecule has 3 heterocycles. The Morgan fingerprint density at radius 1 is 1.33 bits per heavy atom. The molecule has 0 aliphatic carbocycles. The monoisotopic (exact) mass is 385 g/mol. The number of carbonyl (C=O) groups is 1. The first-order valence-corrected chi connectivity index (χ1v) is 8.58. The van der Waals surface area contributed by atoms with Gasteiger partial charge >= 0.3 is 11.8 Å². The number of aromatic nitrogens is 1. The molecule has 0 atom stereocenters. The Bertz CT molecular complexity index is 1180. The van der Waals surface area contributed by atoms with E-state index in [-0.39, 0.29) is 12.3 Å². The van der Waals surface area contributed by atoms with Crippen LogP contribution in [0.4, 0.5) is 5.88 Å². The SMILES string of the molecule is C#CCn1c(=NC(=O)c2ccc([N+](=O)[O-])o2)sc2cc3c(cc21)OCCO3. The smallest absolute Gasteiger partial charge is 0.433 e. The molecule has 0 spiro atoms. The number of rotatable bonds is 3. The van der Waals surface area contributed by atoms with Gasteiger partial charge in [0.1, 0.15) is 18.1 Å². The molecular formula is C17H11N3O6S. The largest absolute Gasteiger partial charge is 0.486 e. The first kappa shape index (κ1) is 16.9. The molecule has 0 fully saturated rings. The van der Waals surface area contributed by atoms with Crippen LogP contribution in [0.5, 0.6) is 11.5 Å². The second kappa shape index (κ2) is 6.62. The zero-order chi connectivity index (χ0) is 19.0. The molecule has 1 aliphatic heterocycles. The maximum Gasteiger partial charge on any atom is 0.433 e. The van der Waals surface area contributed by atoms with Crippen molar-refractivity contribution < 1.29 is 23.6 Å². The van der Waals surface area contributed by atoms with Gasteiger partial charge in [-0.25, -0.2) is 0 Å². The second-order valence-electron chi connectivity index (χ2n) is 5.45. The Balaban J connectivity index is 1.83. The van der Waals surface area contributed by atoms with Gasteiger partial charge in [-0.05, 0) is 6.07 Å². The Hall–Kier alpha value is -3.58. The lowest BCUT2D eigenvalue weighted by molar-refractivity contribution is -0.402. The first-order valence-electron chi connectivity index (χ1n) is 7.76. The summed E-state index contributed by atoms with van der Waals surface area (Å²) < 4.78 is 18.6. The Labute approximate surface area is 155 Å². The van der Waals surface area contributed by atoms with E-state index in [2.05, 4.69) is 10.9 Å². The van der Waals surface area contributed by atoms with E-state index in [0.717, 1.165) is 16.3 Å². The average molecular weight is 385 g/mol. The van der Waals surface area contributed by atoms with Crippen LogP contribution in [0.25, 0.3) is 10.2 Å². The summed E-state index contributed by atoms with van der Waals surface area (Å²) in [5.41, 5.74) is 0.749. The molecule has 1 aromatic carbocycles. The average Bonchev–Trinajstić information content (AvgIpc) is 3.26. The molecule has 0 bridgehead atoms. The van der Waals surface area contributed by atoms with Crippen LogP contribution in [0, 0.1) is 22.5 Å². The minimum absolute atomic E-state index is 0.185. The predicted molar refractivity (Wildman–Crippen MR) is 94.9 cm³/mol. The number of furan rings is 1. The summed E-state index contributed by atoms with van der Waals surface area (Å²) in [5, 5.41) is 10.7. The zero-order valence-corrected chi connectivity index (χ0v) is 14.5. The fourth-order valence-electron chi connectivity index (χ4n) is 2.62. The van der Waals surface area contributed by atoms with E-state index in [9.17, 15) is 14.9 Å². The minimum atomic E-state index is -0.738. The summed E-state index contributed by atoms with van der Waals surface area (Å²) in [5.74, 6) is 2.25. The minimum Gasteiger partial charge on any atom is -0.486 e. The van der Waals surface area contributed by atoms with E-state index in [0.29, 0.717) is 29.5 Å². The third-order valence-corrected chi connectivity index (χ3v) is 4.82. The highest BCUT2D eigenvalue weighted by molar-refractivity contribution is 7.16. The van der Waals surface area contributed by atoms with Crippen molar-refractivity contribution in [1.82, 2.24) is 4.57 Å². The van der Waals surface area contributed by atoms with Crippen LogP contribution < -0.4 is 14.3 Å². The Kier molecular flexibility index (Phi) is 4.13. The van der Waals surface area contributed by atoms with E-state index in [1.165, 1.54) is 17.4 Å². The summed E-state index contributed by atoms with van der Waals surface area (Å²) in [6, 6.07) is 5.91. The Morgan fingerprint density at radius 3 is 2.74 bits per heavy atom. The van der Waals surface area contributed by atoms with Crippen molar-refractivity contribution in [3.05, 3.63) is 44.9 Å². The molecule has 0 unspecified atom stereocenters. The van der Waals surface area contributed by atoms with Crippen LogP contribution in [0.3, 0.4) is 0 Å². The lowest BCUT2D eigenvalue weighted by Gasteiger charge is -2.18. The van der Waals surface area contributed by atoms with Crippen LogP contribution in [-0.2, 0) is 6.54 Å². The molecule has 9 nitrogen and oxygen atoms in total. The molecule has 1 amide bonds. The fourth-order valence-corrected chi connectivity index (χ4v) is 3.66. The number of thiazole rings is 1. The van der Waals surface area contributed by atoms with Crippen LogP contribution in [0.1, 0.15) is 10.6 Å². The number of hydrogen-bond acceptors (Lipinski definition) is 7. The van der Waals surface area contributed by atoms with Crippen LogP contribution in [-0.4, -0.2) is 28.6 Å². The van der Waals surface area contributed by atoms with Gasteiger partial charge in [0.25, 0.3) is 0 Å². The van der Waals surface area contributed by atoms with Crippen molar-refractivity contribution in [3.8, 4) is 23.8 Å². The van der Waals surface area contributed by atoms with E-state index >= 15 is 0 Å². The van der Waals surface area contributed by atoms with Crippen molar-refractivity contribution in [3.63, 3.8) is 0 Å². The number of ether oxygens (including phenoxy) is 2. The number of benzene rings is 1. The van der Waals surface area contributed by atoms with Gasteiger partial charge in [0.2, 0.25) is 5.76 Å². The van der Waals surface area contributed by atoms with Crippen LogP contribution >= 0.6 is 11.3 Å². The molecule has 3 aromatic rings. The molecule has 0 radical (unpaired) electrons. The van der Waals surface area contributed by atoms with Crippen molar-refractivity contribution >= 4 is 33.3 Å². The lowest BCUT2D eigenvalue weighted by atomic mass is 10.2. The van der Waals surface area contributed by atoms with Gasteiger partial charge in [0, 0.05) is 12.1 Å². The van der Waals surface area contributed by atoms with Crippen molar-refractivity contribution in [2.24, 2.45) is 4.99 Å². The summed E-state index contributed by atoms with van der Waals surface area (Å²) in [6.45, 7) is 1.09. The van der Waals surface area contributed by atoms with Crippen molar-refractivity contribution in [2.45, 2.75) is 6.54 Å². The van der Waals surface area contributed by atoms with Gasteiger partial charge in [-0.1, -0.05) is 17.3 Å². The highest BCUT2D eigenvalue weighted by Gasteiger charge is 2.19. The quantitative estimate of drug-likeness (QED) is 0.389. The van der Waals surface area contributed by atoms with E-state index < -0.39 is 16.7 Å². The molecule has 4 rings (SSSR count). The number of fused-ring (bicyclic) bond motifs is 2. The standard InChI is InChI=1S/C17H11N3O6S/c1-2-5-19-10-8-12-13(25-7-6-24-12)9-14(10)27-17(19)18-16(21)11-3-4-15(26-11)20(22)23/h1,3-4,8-9H,5-7H2. The molecule has 0 saturated heterocycles. The maximum absolute atomic E-state index is 12.3. The van der Waals surface area contributed by atoms with Gasteiger partial charge in [-0.3, -0.25) is 14.9 Å². The van der Waals surface area contributed by atoms with E-state index in [1.54, 1.807) is 10.6 Å². The Morgan fingerprint density at radius 2 is 2.07 bits per heavy atom. The highest BCUT2D eigenvalue weighted by Crippen LogP contribution is 2.35. The molecular weight excluding hydrogens is 374 g/mol. The summed E-state index contributed by atoms with van der Waals surface area (Å²) in [7, 11) is 0. The topological polar surface area (TPSA) is 109 Å². The molecule has 0 saturated carbocycles. The fraction of sp³-hybridized carbons (Fsp3) is 0.176. The number of amides is 1. The number of nitro groups is 1. The van der Waals surface area contributed by atoms with Gasteiger partial charge in [0.05, 0.1) is 22.8 Å². The number of carbonyl (C=O) groups excluding carboxylic acids is 1. The second-order valence-corrected chi connectivity index (χ2v) is 6.46. The molecule has 0 N–H and O–H groups in total. The molecule has 136 valence electrons. The van der Waals surface area contributed by atoms with Gasteiger partial charge < -0.3 is 18.5 Å². The molecule has 10 heteroatoms. The third-order valence-electron chi connectivity index (χ3n) is 3.78. The molecule has 1 aliphatic rings. The highest BCUT2D eigenvalue weighted by atomic mass is 32.1. The van der Waals surface area contributed by atoms with Crippen LogP contribution in [0.2, 0.25) is 0 Å². The normalized spacial score (nSPS) is 13.5. The third kappa shape index (κ3) is 3.04. The van der Waals surface area contributed by atoms with Gasteiger partial charge in [-0.15, -0.1) is 6.42 Å². The first-order chi connectivity index (χ1) is 13.1. The number of terminal acetylenes is 1. The van der Waals surface area contributed by atoms with Crippen molar-refractivity contribution in [2.75, 3.05) is 13.2 Å². The van der Waals surface area contributed by atoms with E-state index in [1.807, 2.05) is 6.07 Å². The molecule has 2 aromatic heterocycles. The summed E-state index contributed by atoms with van der Waals surface area (Å²) >= 11 is 1.24. The van der Waals surface area contributed by atoms with Crippen LogP contribution in [0.15, 0.2) is 33.7 Å². The number of nitrogens with zero attached hydrogens (tertiary/aromatic N) is 3. The summed E-state index contributed by atoms with van der Waals surface area (Å²) in [6.07, 6.45) is 5.45.